The zero-order chi connectivity index (χ0) is 17.6. The van der Waals surface area contributed by atoms with Crippen LogP contribution in [0.4, 0.5) is 15.8 Å². The van der Waals surface area contributed by atoms with Crippen LogP contribution in [0, 0.1) is 5.82 Å². The van der Waals surface area contributed by atoms with E-state index >= 15 is 0 Å². The number of nitrogens with one attached hydrogen (secondary N) is 3. The summed E-state index contributed by atoms with van der Waals surface area (Å²) >= 11 is 0. The molecule has 4 rings (SSSR count). The molecule has 0 saturated heterocycles. The highest BCUT2D eigenvalue weighted by Gasteiger charge is 2.29. The standard InChI is InChI=1S/C18H17FN4O2/c1-10(23-8-7-12-13(19)3-2-4-16(12)23)17(24)20-11-5-6-14-15(9-11)22-18(25)21-14/h2-6,9-10H,7-8H2,1H3,(H,20,24)(H2,21,22,25). The highest BCUT2D eigenvalue weighted by Crippen LogP contribution is 2.31. The molecule has 0 saturated carbocycles. The fourth-order valence-electron chi connectivity index (χ4n) is 3.32. The highest BCUT2D eigenvalue weighted by atomic mass is 19.1. The number of carbonyl (C=O) groups is 1. The highest BCUT2D eigenvalue weighted by molar-refractivity contribution is 5.98. The topological polar surface area (TPSA) is 81.0 Å². The minimum absolute atomic E-state index is 0.186. The van der Waals surface area contributed by atoms with E-state index in [2.05, 4.69) is 15.3 Å². The molecule has 7 heteroatoms. The zero-order valence-corrected chi connectivity index (χ0v) is 13.6. The maximum atomic E-state index is 13.9. The normalized spacial score (nSPS) is 14.6. The number of amides is 1. The van der Waals surface area contributed by atoms with Gasteiger partial charge in [0.25, 0.3) is 0 Å². The molecule has 1 aromatic heterocycles. The van der Waals surface area contributed by atoms with Gasteiger partial charge in [0.2, 0.25) is 5.91 Å². The molecule has 128 valence electrons. The lowest BCUT2D eigenvalue weighted by molar-refractivity contribution is -0.117. The van der Waals surface area contributed by atoms with Crippen LogP contribution in [0.5, 0.6) is 0 Å². The average molecular weight is 340 g/mol. The van der Waals surface area contributed by atoms with E-state index in [4.69, 9.17) is 0 Å². The molecule has 0 bridgehead atoms. The van der Waals surface area contributed by atoms with Crippen molar-refractivity contribution < 1.29 is 9.18 Å². The Hall–Kier alpha value is -3.09. The third-order valence-corrected chi connectivity index (χ3v) is 4.64. The van der Waals surface area contributed by atoms with Gasteiger partial charge in [0.15, 0.2) is 0 Å². The minimum atomic E-state index is -0.441. The molecule has 3 N–H and O–H groups in total. The molecule has 1 atom stereocenters. The lowest BCUT2D eigenvalue weighted by Gasteiger charge is -2.26. The van der Waals surface area contributed by atoms with Crippen molar-refractivity contribution in [2.24, 2.45) is 0 Å². The lowest BCUT2D eigenvalue weighted by Crippen LogP contribution is -2.41. The molecule has 1 aliphatic heterocycles. The van der Waals surface area contributed by atoms with Gasteiger partial charge in [-0.05, 0) is 43.7 Å². The maximum Gasteiger partial charge on any atom is 0.323 e. The summed E-state index contributed by atoms with van der Waals surface area (Å²) in [6.45, 7) is 2.40. The number of hydrogen-bond donors (Lipinski definition) is 3. The molecule has 0 spiro atoms. The second-order valence-electron chi connectivity index (χ2n) is 6.19. The van der Waals surface area contributed by atoms with Gasteiger partial charge < -0.3 is 20.2 Å². The number of nitrogens with zero attached hydrogens (tertiary/aromatic N) is 1. The average Bonchev–Trinajstić information content (AvgIpc) is 3.17. The van der Waals surface area contributed by atoms with Gasteiger partial charge in [-0.25, -0.2) is 9.18 Å². The minimum Gasteiger partial charge on any atom is -0.359 e. The van der Waals surface area contributed by atoms with Crippen molar-refractivity contribution >= 4 is 28.3 Å². The molecule has 1 aliphatic rings. The Labute approximate surface area is 142 Å². The molecule has 1 amide bonds. The van der Waals surface area contributed by atoms with Crippen molar-refractivity contribution in [3.63, 3.8) is 0 Å². The summed E-state index contributed by atoms with van der Waals surface area (Å²) in [5, 5.41) is 2.86. The van der Waals surface area contributed by atoms with Crippen LogP contribution in [-0.4, -0.2) is 28.5 Å². The van der Waals surface area contributed by atoms with Gasteiger partial charge in [0.05, 0.1) is 11.0 Å². The van der Waals surface area contributed by atoms with E-state index < -0.39 is 6.04 Å². The smallest absolute Gasteiger partial charge is 0.323 e. The number of imidazole rings is 1. The van der Waals surface area contributed by atoms with E-state index in [-0.39, 0.29) is 17.4 Å². The summed E-state index contributed by atoms with van der Waals surface area (Å²) < 4.78 is 13.9. The van der Waals surface area contributed by atoms with Crippen LogP contribution in [0.1, 0.15) is 12.5 Å². The number of fused-ring (bicyclic) bond motifs is 2. The van der Waals surface area contributed by atoms with Crippen LogP contribution in [0.3, 0.4) is 0 Å². The van der Waals surface area contributed by atoms with Crippen LogP contribution in [-0.2, 0) is 11.2 Å². The van der Waals surface area contributed by atoms with Crippen molar-refractivity contribution in [3.8, 4) is 0 Å². The number of halogens is 1. The Morgan fingerprint density at radius 3 is 2.88 bits per heavy atom. The van der Waals surface area contributed by atoms with Gasteiger partial charge >= 0.3 is 5.69 Å². The SMILES string of the molecule is CC(C(=O)Nc1ccc2[nH]c(=O)[nH]c2c1)N1CCc2c(F)cccc21. The Bertz CT molecular complexity index is 1020. The molecular formula is C18H17FN4O2. The van der Waals surface area contributed by atoms with Crippen molar-refractivity contribution in [2.75, 3.05) is 16.8 Å². The predicted molar refractivity (Wildman–Crippen MR) is 94.5 cm³/mol. The molecule has 3 aromatic rings. The summed E-state index contributed by atoms with van der Waals surface area (Å²) in [5.41, 5.74) is 3.05. The first-order valence-corrected chi connectivity index (χ1v) is 8.10. The quantitative estimate of drug-likeness (QED) is 0.685. The Morgan fingerprint density at radius 2 is 2.04 bits per heavy atom. The van der Waals surface area contributed by atoms with Gasteiger partial charge in [0.1, 0.15) is 11.9 Å². The summed E-state index contributed by atoms with van der Waals surface area (Å²) in [5.74, 6) is -0.413. The molecule has 0 aliphatic carbocycles. The molecule has 0 radical (unpaired) electrons. The van der Waals surface area contributed by atoms with Gasteiger partial charge in [-0.15, -0.1) is 0 Å². The number of aromatic amines is 2. The summed E-state index contributed by atoms with van der Waals surface area (Å²) in [6, 6.07) is 9.67. The van der Waals surface area contributed by atoms with E-state index in [0.29, 0.717) is 35.2 Å². The Kier molecular flexibility index (Phi) is 3.56. The van der Waals surface area contributed by atoms with Gasteiger partial charge in [-0.3, -0.25) is 4.79 Å². The first kappa shape index (κ1) is 15.4. The number of carbonyl (C=O) groups excluding carboxylic acids is 1. The first-order chi connectivity index (χ1) is 12.0. The van der Waals surface area contributed by atoms with Gasteiger partial charge in [0, 0.05) is 23.5 Å². The van der Waals surface area contributed by atoms with Crippen LogP contribution in [0.2, 0.25) is 0 Å². The van der Waals surface area contributed by atoms with E-state index in [0.717, 1.165) is 5.69 Å². The first-order valence-electron chi connectivity index (χ1n) is 8.10. The van der Waals surface area contributed by atoms with Crippen LogP contribution in [0.15, 0.2) is 41.2 Å². The van der Waals surface area contributed by atoms with Crippen molar-refractivity contribution in [1.82, 2.24) is 9.97 Å². The maximum absolute atomic E-state index is 13.9. The third kappa shape index (κ3) is 2.67. The van der Waals surface area contributed by atoms with Crippen molar-refractivity contribution in [1.29, 1.82) is 0 Å². The van der Waals surface area contributed by atoms with E-state index in [1.165, 1.54) is 6.07 Å². The Morgan fingerprint density at radius 1 is 1.24 bits per heavy atom. The van der Waals surface area contributed by atoms with Crippen LogP contribution in [0.25, 0.3) is 11.0 Å². The van der Waals surface area contributed by atoms with E-state index in [1.54, 1.807) is 31.2 Å². The fraction of sp³-hybridized carbons (Fsp3) is 0.222. The van der Waals surface area contributed by atoms with E-state index in [1.807, 2.05) is 11.0 Å². The number of aromatic nitrogens is 2. The third-order valence-electron chi connectivity index (χ3n) is 4.64. The molecule has 1 unspecified atom stereocenters. The van der Waals surface area contributed by atoms with Crippen molar-refractivity contribution in [3.05, 3.63) is 58.3 Å². The summed E-state index contributed by atoms with van der Waals surface area (Å²) in [4.78, 5) is 31.1. The second-order valence-corrected chi connectivity index (χ2v) is 6.19. The molecule has 25 heavy (non-hydrogen) atoms. The molecule has 6 nitrogen and oxygen atoms in total. The summed E-state index contributed by atoms with van der Waals surface area (Å²) in [7, 11) is 0. The molecular weight excluding hydrogens is 323 g/mol. The number of hydrogen-bond acceptors (Lipinski definition) is 3. The second kappa shape index (κ2) is 5.77. The zero-order valence-electron chi connectivity index (χ0n) is 13.6. The largest absolute Gasteiger partial charge is 0.359 e. The fourth-order valence-corrected chi connectivity index (χ4v) is 3.32. The Balaban J connectivity index is 1.55. The van der Waals surface area contributed by atoms with Gasteiger partial charge in [-0.1, -0.05) is 6.07 Å². The monoisotopic (exact) mass is 340 g/mol. The number of H-pyrrole nitrogens is 2. The van der Waals surface area contributed by atoms with Crippen molar-refractivity contribution in [2.45, 2.75) is 19.4 Å². The van der Waals surface area contributed by atoms with Crippen LogP contribution < -0.4 is 15.9 Å². The molecule has 2 aromatic carbocycles. The van der Waals surface area contributed by atoms with E-state index in [9.17, 15) is 14.0 Å². The molecule has 2 heterocycles. The predicted octanol–water partition coefficient (Wildman–Crippen LogP) is 2.38. The number of benzene rings is 2. The summed E-state index contributed by atoms with van der Waals surface area (Å²) in [6.07, 6.45) is 0.593. The van der Waals surface area contributed by atoms with Crippen LogP contribution >= 0.6 is 0 Å². The number of anilines is 2. The number of rotatable bonds is 3. The van der Waals surface area contributed by atoms with Gasteiger partial charge in [-0.2, -0.15) is 0 Å². The lowest BCUT2D eigenvalue weighted by atomic mass is 10.1. The molecule has 0 fully saturated rings.